The topological polar surface area (TPSA) is 36.1 Å². The van der Waals surface area contributed by atoms with Gasteiger partial charge in [-0.2, -0.15) is 0 Å². The molecule has 0 atom stereocenters. The van der Waals surface area contributed by atoms with Gasteiger partial charge in [-0.15, -0.1) is 0 Å². The van der Waals surface area contributed by atoms with Crippen LogP contribution in [-0.2, 0) is 13.0 Å². The van der Waals surface area contributed by atoms with E-state index in [0.717, 1.165) is 40.9 Å². The fourth-order valence-corrected chi connectivity index (χ4v) is 3.23. The van der Waals surface area contributed by atoms with Crippen molar-refractivity contribution in [2.75, 3.05) is 14.1 Å². The number of nitrogens with zero attached hydrogens (tertiary/aromatic N) is 1. The van der Waals surface area contributed by atoms with Gasteiger partial charge in [-0.25, -0.2) is 4.39 Å². The molecule has 0 bridgehead atoms. The van der Waals surface area contributed by atoms with Crippen molar-refractivity contribution in [3.63, 3.8) is 0 Å². The number of aromatic amines is 1. The number of carbonyl (C=O) groups is 1. The zero-order chi connectivity index (χ0) is 15.9. The third-order valence-electron chi connectivity index (χ3n) is 4.27. The van der Waals surface area contributed by atoms with Gasteiger partial charge in [0.25, 0.3) is 0 Å². The van der Waals surface area contributed by atoms with E-state index in [1.54, 1.807) is 6.07 Å². The summed E-state index contributed by atoms with van der Waals surface area (Å²) < 4.78 is 14.3. The summed E-state index contributed by atoms with van der Waals surface area (Å²) >= 11 is 0. The highest BCUT2D eigenvalue weighted by Gasteiger charge is 2.24. The minimum atomic E-state index is -0.204. The summed E-state index contributed by atoms with van der Waals surface area (Å²) in [6.45, 7) is 2.52. The lowest BCUT2D eigenvalue weighted by molar-refractivity contribution is 0.0972. The molecule has 0 spiro atoms. The number of halogens is 1. The number of H-pyrrole nitrogens is 1. The lowest BCUT2D eigenvalue weighted by Crippen LogP contribution is -2.11. The van der Waals surface area contributed by atoms with Crippen LogP contribution in [0.4, 0.5) is 4.39 Å². The first-order chi connectivity index (χ1) is 10.5. The van der Waals surface area contributed by atoms with E-state index in [2.05, 4.69) is 4.98 Å². The quantitative estimate of drug-likeness (QED) is 0.938. The zero-order valence-electron chi connectivity index (χ0n) is 13.3. The molecule has 1 aliphatic rings. The van der Waals surface area contributed by atoms with E-state index in [-0.39, 0.29) is 11.6 Å². The van der Waals surface area contributed by atoms with Gasteiger partial charge < -0.3 is 9.88 Å². The molecule has 4 heteroatoms. The van der Waals surface area contributed by atoms with Crippen LogP contribution in [0.5, 0.6) is 0 Å². The summed E-state index contributed by atoms with van der Waals surface area (Å²) in [5.74, 6) is -0.00421. The minimum absolute atomic E-state index is 0.200. The van der Waals surface area contributed by atoms with Gasteiger partial charge in [0.05, 0.1) is 0 Å². The number of fused-ring (bicyclic) bond motifs is 1. The highest BCUT2D eigenvalue weighted by molar-refractivity contribution is 6.01. The predicted octanol–water partition coefficient (Wildman–Crippen LogP) is 3.71. The van der Waals surface area contributed by atoms with Crippen LogP contribution in [-0.4, -0.2) is 29.8 Å². The van der Waals surface area contributed by atoms with Gasteiger partial charge in [0.15, 0.2) is 5.78 Å². The number of nitrogens with one attached hydrogen (secondary N) is 1. The Morgan fingerprint density at radius 2 is 2.05 bits per heavy atom. The molecule has 0 radical (unpaired) electrons. The third kappa shape index (κ3) is 2.59. The molecule has 3 nitrogen and oxygen atoms in total. The second-order valence-corrected chi connectivity index (χ2v) is 6.30. The van der Waals surface area contributed by atoms with Crippen LogP contribution in [0, 0.1) is 12.7 Å². The summed E-state index contributed by atoms with van der Waals surface area (Å²) in [5.41, 5.74) is 5.12. The summed E-state index contributed by atoms with van der Waals surface area (Å²) in [6, 6.07) is 5.32. The minimum Gasteiger partial charge on any atom is -0.358 e. The number of benzene rings is 1. The molecule has 1 heterocycles. The van der Waals surface area contributed by atoms with Gasteiger partial charge in [-0.1, -0.05) is 12.1 Å². The lowest BCUT2D eigenvalue weighted by Gasteiger charge is -2.11. The maximum atomic E-state index is 14.3. The van der Waals surface area contributed by atoms with Gasteiger partial charge in [-0.3, -0.25) is 4.79 Å². The van der Waals surface area contributed by atoms with E-state index in [0.29, 0.717) is 18.5 Å². The molecule has 0 unspecified atom stereocenters. The monoisotopic (exact) mass is 300 g/mol. The number of aromatic nitrogens is 1. The molecule has 1 aliphatic carbocycles. The fraction of sp³-hybridized carbons (Fsp3) is 0.389. The molecule has 22 heavy (non-hydrogen) atoms. The standard InChI is InChI=1S/C18H21FN2O/c1-11-17-15(5-4-6-16(17)22)20-18(11)12-7-8-13(10-21(2)3)14(19)9-12/h7-9,20H,4-6,10H2,1-3H3. The van der Waals surface area contributed by atoms with E-state index in [1.807, 2.05) is 38.1 Å². The van der Waals surface area contributed by atoms with Crippen molar-refractivity contribution in [1.82, 2.24) is 9.88 Å². The third-order valence-corrected chi connectivity index (χ3v) is 4.27. The summed E-state index contributed by atoms with van der Waals surface area (Å²) in [4.78, 5) is 17.4. The second-order valence-electron chi connectivity index (χ2n) is 6.30. The second kappa shape index (κ2) is 5.69. The van der Waals surface area contributed by atoms with Gasteiger partial charge in [0.2, 0.25) is 0 Å². The Balaban J connectivity index is 2.02. The number of hydrogen-bond acceptors (Lipinski definition) is 2. The van der Waals surface area contributed by atoms with E-state index in [4.69, 9.17) is 0 Å². The SMILES string of the molecule is Cc1c(-c2ccc(CN(C)C)c(F)c2)[nH]c2c1C(=O)CCC2. The molecule has 1 N–H and O–H groups in total. The van der Waals surface area contributed by atoms with Gasteiger partial charge >= 0.3 is 0 Å². The lowest BCUT2D eigenvalue weighted by atomic mass is 9.93. The van der Waals surface area contributed by atoms with Crippen molar-refractivity contribution in [3.8, 4) is 11.3 Å². The number of carbonyl (C=O) groups excluding carboxylic acids is 1. The van der Waals surface area contributed by atoms with Crippen molar-refractivity contribution < 1.29 is 9.18 Å². The molecule has 0 amide bonds. The summed E-state index contributed by atoms with van der Waals surface area (Å²) in [5, 5.41) is 0. The normalized spacial score (nSPS) is 14.5. The molecule has 2 aromatic rings. The van der Waals surface area contributed by atoms with Crippen molar-refractivity contribution in [2.24, 2.45) is 0 Å². The molecule has 1 aromatic carbocycles. The first-order valence-corrected chi connectivity index (χ1v) is 7.65. The highest BCUT2D eigenvalue weighted by atomic mass is 19.1. The van der Waals surface area contributed by atoms with Crippen LogP contribution in [0.15, 0.2) is 18.2 Å². The van der Waals surface area contributed by atoms with Crippen molar-refractivity contribution in [2.45, 2.75) is 32.7 Å². The number of rotatable bonds is 3. The van der Waals surface area contributed by atoms with Crippen molar-refractivity contribution in [1.29, 1.82) is 0 Å². The van der Waals surface area contributed by atoms with E-state index in [9.17, 15) is 9.18 Å². The Labute approximate surface area is 130 Å². The van der Waals surface area contributed by atoms with Crippen molar-refractivity contribution in [3.05, 3.63) is 46.4 Å². The number of aryl methyl sites for hydroxylation is 1. The molecule has 0 fully saturated rings. The smallest absolute Gasteiger partial charge is 0.164 e. The number of ketones is 1. The van der Waals surface area contributed by atoms with Crippen LogP contribution in [0.25, 0.3) is 11.3 Å². The molecular formula is C18H21FN2O. The Morgan fingerprint density at radius 3 is 2.68 bits per heavy atom. The fourth-order valence-electron chi connectivity index (χ4n) is 3.23. The largest absolute Gasteiger partial charge is 0.358 e. The first-order valence-electron chi connectivity index (χ1n) is 7.65. The average molecular weight is 300 g/mol. The average Bonchev–Trinajstić information content (AvgIpc) is 2.79. The molecule has 0 saturated heterocycles. The Bertz CT molecular complexity index is 731. The van der Waals surface area contributed by atoms with Gasteiger partial charge in [0.1, 0.15) is 5.82 Å². The highest BCUT2D eigenvalue weighted by Crippen LogP contribution is 2.32. The molecular weight excluding hydrogens is 279 g/mol. The van der Waals surface area contributed by atoms with E-state index >= 15 is 0 Å². The van der Waals surface area contributed by atoms with Crippen LogP contribution in [0.2, 0.25) is 0 Å². The maximum Gasteiger partial charge on any atom is 0.164 e. The van der Waals surface area contributed by atoms with E-state index in [1.165, 1.54) is 0 Å². The van der Waals surface area contributed by atoms with Gasteiger partial charge in [-0.05, 0) is 45.5 Å². The Hall–Kier alpha value is -1.94. The van der Waals surface area contributed by atoms with Crippen LogP contribution < -0.4 is 0 Å². The van der Waals surface area contributed by atoms with Crippen molar-refractivity contribution >= 4 is 5.78 Å². The van der Waals surface area contributed by atoms with Crippen LogP contribution in [0.3, 0.4) is 0 Å². The maximum absolute atomic E-state index is 14.3. The zero-order valence-corrected chi connectivity index (χ0v) is 13.3. The van der Waals surface area contributed by atoms with Crippen LogP contribution in [0.1, 0.15) is 40.0 Å². The number of hydrogen-bond donors (Lipinski definition) is 1. The molecule has 0 saturated carbocycles. The predicted molar refractivity (Wildman–Crippen MR) is 85.6 cm³/mol. The van der Waals surface area contributed by atoms with E-state index < -0.39 is 0 Å². The summed E-state index contributed by atoms with van der Waals surface area (Å²) in [6.07, 6.45) is 2.39. The molecule has 0 aliphatic heterocycles. The van der Waals surface area contributed by atoms with Crippen LogP contribution >= 0.6 is 0 Å². The first kappa shape index (κ1) is 15.0. The van der Waals surface area contributed by atoms with Gasteiger partial charge in [0, 0.05) is 41.0 Å². The number of Topliss-reactive ketones (excluding diaryl/α,β-unsaturated/α-hetero) is 1. The molecule has 116 valence electrons. The molecule has 3 rings (SSSR count). The summed E-state index contributed by atoms with van der Waals surface area (Å²) in [7, 11) is 3.84. The molecule has 1 aromatic heterocycles. The Kier molecular flexibility index (Phi) is 3.87. The Morgan fingerprint density at radius 1 is 1.27 bits per heavy atom.